The van der Waals surface area contributed by atoms with Crippen LogP contribution in [-0.2, 0) is 16.1 Å². The summed E-state index contributed by atoms with van der Waals surface area (Å²) in [5, 5.41) is 12.8. The van der Waals surface area contributed by atoms with E-state index >= 15 is 0 Å². The molecule has 8 heteroatoms. The SMILES string of the molecule is COC(=O)c1ccc(Cl)c(-n2c(C)cc(/C=C(/C#N)C(=O)NCc3ccc(OC)cc3)c2C)c1. The van der Waals surface area contributed by atoms with E-state index in [1.54, 1.807) is 43.5 Å². The Kier molecular flexibility index (Phi) is 7.77. The number of aromatic nitrogens is 1. The molecular formula is C26H24ClN3O4. The monoisotopic (exact) mass is 477 g/mol. The number of methoxy groups -OCH3 is 2. The summed E-state index contributed by atoms with van der Waals surface area (Å²) < 4.78 is 11.8. The predicted octanol–water partition coefficient (Wildman–Crippen LogP) is 4.77. The molecule has 0 aliphatic heterocycles. The number of benzene rings is 2. The zero-order valence-electron chi connectivity index (χ0n) is 19.3. The van der Waals surface area contributed by atoms with Crippen molar-refractivity contribution in [3.8, 4) is 17.5 Å². The van der Waals surface area contributed by atoms with Crippen LogP contribution in [0.2, 0.25) is 5.02 Å². The lowest BCUT2D eigenvalue weighted by molar-refractivity contribution is -0.117. The summed E-state index contributed by atoms with van der Waals surface area (Å²) in [5.74, 6) is -0.227. The van der Waals surface area contributed by atoms with Crippen LogP contribution in [0.4, 0.5) is 0 Å². The number of amides is 1. The van der Waals surface area contributed by atoms with Gasteiger partial charge in [-0.2, -0.15) is 5.26 Å². The molecule has 0 radical (unpaired) electrons. The van der Waals surface area contributed by atoms with Crippen LogP contribution in [0.3, 0.4) is 0 Å². The largest absolute Gasteiger partial charge is 0.497 e. The maximum Gasteiger partial charge on any atom is 0.337 e. The second-order valence-electron chi connectivity index (χ2n) is 7.52. The zero-order chi connectivity index (χ0) is 24.8. The van der Waals surface area contributed by atoms with Crippen molar-refractivity contribution >= 4 is 29.6 Å². The van der Waals surface area contributed by atoms with Crippen molar-refractivity contribution in [2.24, 2.45) is 0 Å². The lowest BCUT2D eigenvalue weighted by Crippen LogP contribution is -2.23. The van der Waals surface area contributed by atoms with Gasteiger partial charge in [0.15, 0.2) is 0 Å². The quantitative estimate of drug-likeness (QED) is 0.300. The molecule has 0 saturated carbocycles. The van der Waals surface area contributed by atoms with Gasteiger partial charge in [-0.3, -0.25) is 4.79 Å². The first kappa shape index (κ1) is 24.6. The van der Waals surface area contributed by atoms with Gasteiger partial charge >= 0.3 is 5.97 Å². The lowest BCUT2D eigenvalue weighted by atomic mass is 10.1. The van der Waals surface area contributed by atoms with E-state index in [1.807, 2.05) is 42.7 Å². The molecule has 0 unspecified atom stereocenters. The summed E-state index contributed by atoms with van der Waals surface area (Å²) in [6.07, 6.45) is 1.54. The predicted molar refractivity (Wildman–Crippen MR) is 130 cm³/mol. The molecule has 0 atom stereocenters. The van der Waals surface area contributed by atoms with Crippen LogP contribution in [0.1, 0.15) is 32.9 Å². The number of hydrogen-bond donors (Lipinski definition) is 1. The van der Waals surface area contributed by atoms with Crippen LogP contribution >= 0.6 is 11.6 Å². The van der Waals surface area contributed by atoms with Gasteiger partial charge in [0.1, 0.15) is 17.4 Å². The Hall–Kier alpha value is -4.02. The van der Waals surface area contributed by atoms with E-state index in [4.69, 9.17) is 21.1 Å². The van der Waals surface area contributed by atoms with Crippen LogP contribution in [0.5, 0.6) is 5.75 Å². The van der Waals surface area contributed by atoms with Gasteiger partial charge in [-0.05, 0) is 67.4 Å². The summed E-state index contributed by atoms with van der Waals surface area (Å²) in [5.41, 5.74) is 4.09. The molecule has 1 heterocycles. The second kappa shape index (κ2) is 10.7. The molecule has 1 aromatic heterocycles. The fourth-order valence-corrected chi connectivity index (χ4v) is 3.76. The fraction of sp³-hybridized carbons (Fsp3) is 0.192. The molecule has 0 fully saturated rings. The fourth-order valence-electron chi connectivity index (χ4n) is 3.56. The van der Waals surface area contributed by atoms with E-state index in [9.17, 15) is 14.9 Å². The minimum absolute atomic E-state index is 0.0248. The van der Waals surface area contributed by atoms with Crippen molar-refractivity contribution in [1.82, 2.24) is 9.88 Å². The summed E-state index contributed by atoms with van der Waals surface area (Å²) in [7, 11) is 2.90. The van der Waals surface area contributed by atoms with Crippen molar-refractivity contribution in [2.75, 3.05) is 14.2 Å². The molecule has 1 N–H and O–H groups in total. The topological polar surface area (TPSA) is 93.4 Å². The number of hydrogen-bond acceptors (Lipinski definition) is 5. The third-order valence-corrected chi connectivity index (χ3v) is 5.68. The molecule has 34 heavy (non-hydrogen) atoms. The molecule has 0 aliphatic carbocycles. The summed E-state index contributed by atoms with van der Waals surface area (Å²) in [4.78, 5) is 24.6. The number of nitriles is 1. The smallest absolute Gasteiger partial charge is 0.337 e. The van der Waals surface area contributed by atoms with Gasteiger partial charge < -0.3 is 19.4 Å². The highest BCUT2D eigenvalue weighted by Crippen LogP contribution is 2.29. The average Bonchev–Trinajstić information content (AvgIpc) is 3.13. The summed E-state index contributed by atoms with van der Waals surface area (Å²) in [6.45, 7) is 4.00. The molecule has 174 valence electrons. The Morgan fingerprint density at radius 1 is 1.12 bits per heavy atom. The molecule has 0 bridgehead atoms. The van der Waals surface area contributed by atoms with E-state index < -0.39 is 11.9 Å². The molecule has 3 rings (SSSR count). The Labute approximate surface area is 203 Å². The number of nitrogens with one attached hydrogen (secondary N) is 1. The van der Waals surface area contributed by atoms with Gasteiger partial charge in [0.25, 0.3) is 5.91 Å². The van der Waals surface area contributed by atoms with Crippen molar-refractivity contribution < 1.29 is 19.1 Å². The molecule has 0 aliphatic rings. The highest BCUT2D eigenvalue weighted by molar-refractivity contribution is 6.32. The number of carbonyl (C=O) groups is 2. The van der Waals surface area contributed by atoms with Crippen LogP contribution < -0.4 is 10.1 Å². The highest BCUT2D eigenvalue weighted by atomic mass is 35.5. The number of rotatable bonds is 7. The van der Waals surface area contributed by atoms with Gasteiger partial charge in [0.2, 0.25) is 0 Å². The summed E-state index contributed by atoms with van der Waals surface area (Å²) >= 11 is 6.42. The van der Waals surface area contributed by atoms with Crippen LogP contribution in [0.15, 0.2) is 54.1 Å². The van der Waals surface area contributed by atoms with E-state index in [1.165, 1.54) is 7.11 Å². The summed E-state index contributed by atoms with van der Waals surface area (Å²) in [6, 6.07) is 16.0. The first-order chi connectivity index (χ1) is 16.3. The normalized spacial score (nSPS) is 11.0. The third-order valence-electron chi connectivity index (χ3n) is 5.36. The van der Waals surface area contributed by atoms with Gasteiger partial charge in [-0.1, -0.05) is 23.7 Å². The molecule has 2 aromatic carbocycles. The Balaban J connectivity index is 1.88. The highest BCUT2D eigenvalue weighted by Gasteiger charge is 2.17. The van der Waals surface area contributed by atoms with Crippen LogP contribution in [-0.4, -0.2) is 30.7 Å². The maximum atomic E-state index is 12.6. The van der Waals surface area contributed by atoms with Crippen molar-refractivity contribution in [3.63, 3.8) is 0 Å². The maximum absolute atomic E-state index is 12.6. The van der Waals surface area contributed by atoms with E-state index in [2.05, 4.69) is 5.32 Å². The number of esters is 1. The zero-order valence-corrected chi connectivity index (χ0v) is 20.1. The molecule has 0 spiro atoms. The van der Waals surface area contributed by atoms with Gasteiger partial charge in [0.05, 0.1) is 30.5 Å². The van der Waals surface area contributed by atoms with Crippen molar-refractivity contribution in [1.29, 1.82) is 5.26 Å². The number of halogens is 1. The number of nitrogens with zero attached hydrogens (tertiary/aromatic N) is 2. The minimum atomic E-state index is -0.478. The number of carbonyl (C=O) groups excluding carboxylic acids is 2. The molecule has 0 saturated heterocycles. The first-order valence-electron chi connectivity index (χ1n) is 10.4. The van der Waals surface area contributed by atoms with Gasteiger partial charge in [-0.15, -0.1) is 0 Å². The average molecular weight is 478 g/mol. The second-order valence-corrected chi connectivity index (χ2v) is 7.93. The Bertz CT molecular complexity index is 1300. The molecule has 7 nitrogen and oxygen atoms in total. The van der Waals surface area contributed by atoms with Crippen LogP contribution in [0.25, 0.3) is 11.8 Å². The van der Waals surface area contributed by atoms with Gasteiger partial charge in [0, 0.05) is 17.9 Å². The Morgan fingerprint density at radius 3 is 2.44 bits per heavy atom. The number of ether oxygens (including phenoxy) is 2. The first-order valence-corrected chi connectivity index (χ1v) is 10.8. The molecular weight excluding hydrogens is 454 g/mol. The number of aryl methyl sites for hydroxylation is 1. The van der Waals surface area contributed by atoms with E-state index in [0.717, 1.165) is 22.7 Å². The Morgan fingerprint density at radius 2 is 1.82 bits per heavy atom. The van der Waals surface area contributed by atoms with Gasteiger partial charge in [-0.25, -0.2) is 4.79 Å². The third kappa shape index (κ3) is 5.30. The molecule has 3 aromatic rings. The van der Waals surface area contributed by atoms with E-state index in [0.29, 0.717) is 21.8 Å². The van der Waals surface area contributed by atoms with E-state index in [-0.39, 0.29) is 12.1 Å². The van der Waals surface area contributed by atoms with Crippen LogP contribution in [0, 0.1) is 25.2 Å². The van der Waals surface area contributed by atoms with Crippen molar-refractivity contribution in [3.05, 3.63) is 87.2 Å². The van der Waals surface area contributed by atoms with Crippen molar-refractivity contribution in [2.45, 2.75) is 20.4 Å². The minimum Gasteiger partial charge on any atom is -0.497 e. The standard InChI is InChI=1S/C26H24ClN3O4/c1-16-11-20(17(2)30(16)24-13-19(26(32)34-4)7-10-23(24)27)12-21(14-28)25(31)29-15-18-5-8-22(33-3)9-6-18/h5-13H,15H2,1-4H3,(H,29,31)/b21-12-. The molecule has 1 amide bonds. The lowest BCUT2D eigenvalue weighted by Gasteiger charge is -2.13.